The van der Waals surface area contributed by atoms with Crippen LogP contribution in [0.1, 0.15) is 18.5 Å². The Bertz CT molecular complexity index is 465. The Morgan fingerprint density at radius 1 is 1.07 bits per heavy atom. The molecule has 0 saturated carbocycles. The van der Waals surface area contributed by atoms with Gasteiger partial charge in [-0.3, -0.25) is 0 Å². The SMILES string of the molecule is CC(O)C(N)c1ccc2ccccc2c1. The summed E-state index contributed by atoms with van der Waals surface area (Å²) in [7, 11) is 0. The van der Waals surface area contributed by atoms with E-state index in [0.717, 1.165) is 10.9 Å². The van der Waals surface area contributed by atoms with E-state index in [1.54, 1.807) is 6.92 Å². The molecular formula is C13H15NO. The average molecular weight is 201 g/mol. The van der Waals surface area contributed by atoms with Crippen molar-refractivity contribution in [1.82, 2.24) is 0 Å². The third-order valence-electron chi connectivity index (χ3n) is 2.68. The molecule has 2 aromatic rings. The zero-order valence-corrected chi connectivity index (χ0v) is 8.72. The number of aliphatic hydroxyl groups is 1. The number of benzene rings is 2. The van der Waals surface area contributed by atoms with Crippen LogP contribution in [0.3, 0.4) is 0 Å². The summed E-state index contributed by atoms with van der Waals surface area (Å²) < 4.78 is 0. The van der Waals surface area contributed by atoms with E-state index in [-0.39, 0.29) is 6.04 Å². The van der Waals surface area contributed by atoms with Gasteiger partial charge in [0.1, 0.15) is 0 Å². The first kappa shape index (κ1) is 10.1. The second kappa shape index (κ2) is 4.01. The second-order valence-electron chi connectivity index (χ2n) is 3.87. The van der Waals surface area contributed by atoms with Crippen LogP contribution in [-0.4, -0.2) is 11.2 Å². The van der Waals surface area contributed by atoms with Crippen molar-refractivity contribution in [3.05, 3.63) is 48.0 Å². The van der Waals surface area contributed by atoms with Crippen LogP contribution in [0.4, 0.5) is 0 Å². The Kier molecular flexibility index (Phi) is 2.71. The van der Waals surface area contributed by atoms with Crippen LogP contribution >= 0.6 is 0 Å². The molecule has 2 unspecified atom stereocenters. The molecule has 15 heavy (non-hydrogen) atoms. The summed E-state index contributed by atoms with van der Waals surface area (Å²) in [5.74, 6) is 0. The van der Waals surface area contributed by atoms with Gasteiger partial charge < -0.3 is 10.8 Å². The number of hydrogen-bond acceptors (Lipinski definition) is 2. The van der Waals surface area contributed by atoms with Crippen LogP contribution in [0.15, 0.2) is 42.5 Å². The van der Waals surface area contributed by atoms with Crippen LogP contribution in [0.25, 0.3) is 10.8 Å². The predicted molar refractivity (Wildman–Crippen MR) is 62.6 cm³/mol. The van der Waals surface area contributed by atoms with E-state index in [1.807, 2.05) is 36.4 Å². The van der Waals surface area contributed by atoms with Crippen molar-refractivity contribution >= 4 is 10.8 Å². The van der Waals surface area contributed by atoms with Gasteiger partial charge >= 0.3 is 0 Å². The van der Waals surface area contributed by atoms with Crippen molar-refractivity contribution in [3.8, 4) is 0 Å². The maximum absolute atomic E-state index is 9.42. The van der Waals surface area contributed by atoms with E-state index in [1.165, 1.54) is 5.39 Å². The Morgan fingerprint density at radius 2 is 1.73 bits per heavy atom. The standard InChI is InChI=1S/C13H15NO/c1-9(15)13(14)12-7-6-10-4-2-3-5-11(10)8-12/h2-9,13,15H,14H2,1H3. The van der Waals surface area contributed by atoms with Crippen LogP contribution in [-0.2, 0) is 0 Å². The number of fused-ring (bicyclic) bond motifs is 1. The third-order valence-corrected chi connectivity index (χ3v) is 2.68. The lowest BCUT2D eigenvalue weighted by atomic mass is 10.00. The minimum Gasteiger partial charge on any atom is -0.391 e. The van der Waals surface area contributed by atoms with E-state index in [9.17, 15) is 5.11 Å². The number of aliphatic hydroxyl groups excluding tert-OH is 1. The maximum atomic E-state index is 9.42. The molecule has 2 atom stereocenters. The molecule has 0 aliphatic carbocycles. The molecule has 0 bridgehead atoms. The molecule has 2 nitrogen and oxygen atoms in total. The molecule has 0 aliphatic rings. The van der Waals surface area contributed by atoms with Crippen molar-refractivity contribution in [1.29, 1.82) is 0 Å². The maximum Gasteiger partial charge on any atom is 0.0704 e. The van der Waals surface area contributed by atoms with Gasteiger partial charge in [-0.2, -0.15) is 0 Å². The normalized spacial score (nSPS) is 15.1. The molecule has 2 heteroatoms. The summed E-state index contributed by atoms with van der Waals surface area (Å²) in [5, 5.41) is 11.8. The third kappa shape index (κ3) is 2.01. The highest BCUT2D eigenvalue weighted by Crippen LogP contribution is 2.20. The van der Waals surface area contributed by atoms with Gasteiger partial charge in [0.25, 0.3) is 0 Å². The lowest BCUT2D eigenvalue weighted by molar-refractivity contribution is 0.164. The fourth-order valence-corrected chi connectivity index (χ4v) is 1.69. The first-order chi connectivity index (χ1) is 7.18. The Hall–Kier alpha value is -1.38. The van der Waals surface area contributed by atoms with Crippen molar-refractivity contribution in [3.63, 3.8) is 0 Å². The fraction of sp³-hybridized carbons (Fsp3) is 0.231. The van der Waals surface area contributed by atoms with Crippen molar-refractivity contribution in [2.45, 2.75) is 19.1 Å². The molecule has 0 heterocycles. The van der Waals surface area contributed by atoms with E-state index in [2.05, 4.69) is 6.07 Å². The van der Waals surface area contributed by atoms with Crippen LogP contribution in [0.5, 0.6) is 0 Å². The summed E-state index contributed by atoms with van der Waals surface area (Å²) in [6.07, 6.45) is -0.522. The topological polar surface area (TPSA) is 46.2 Å². The van der Waals surface area contributed by atoms with E-state index < -0.39 is 6.10 Å². The first-order valence-electron chi connectivity index (χ1n) is 5.11. The lowest BCUT2D eigenvalue weighted by Gasteiger charge is -2.15. The summed E-state index contributed by atoms with van der Waals surface area (Å²) in [6, 6.07) is 13.9. The molecule has 0 saturated heterocycles. The van der Waals surface area contributed by atoms with Crippen molar-refractivity contribution in [2.24, 2.45) is 5.73 Å². The molecule has 3 N–H and O–H groups in total. The highest BCUT2D eigenvalue weighted by Gasteiger charge is 2.11. The van der Waals surface area contributed by atoms with E-state index in [4.69, 9.17) is 5.73 Å². The van der Waals surface area contributed by atoms with E-state index in [0.29, 0.717) is 0 Å². The van der Waals surface area contributed by atoms with Crippen molar-refractivity contribution in [2.75, 3.05) is 0 Å². The first-order valence-corrected chi connectivity index (χ1v) is 5.11. The smallest absolute Gasteiger partial charge is 0.0704 e. The monoisotopic (exact) mass is 201 g/mol. The molecule has 0 fully saturated rings. The number of hydrogen-bond donors (Lipinski definition) is 2. The molecule has 2 aromatic carbocycles. The van der Waals surface area contributed by atoms with Crippen LogP contribution in [0, 0.1) is 0 Å². The summed E-state index contributed by atoms with van der Waals surface area (Å²) in [6.45, 7) is 1.71. The molecule has 0 spiro atoms. The van der Waals surface area contributed by atoms with Gasteiger partial charge in [0.05, 0.1) is 12.1 Å². The molecule has 0 radical (unpaired) electrons. The van der Waals surface area contributed by atoms with Gasteiger partial charge in [-0.15, -0.1) is 0 Å². The molecule has 0 aromatic heterocycles. The Labute approximate surface area is 89.3 Å². The van der Waals surface area contributed by atoms with Crippen LogP contribution < -0.4 is 5.73 Å². The number of rotatable bonds is 2. The molecule has 0 aliphatic heterocycles. The van der Waals surface area contributed by atoms with Gasteiger partial charge in [0.15, 0.2) is 0 Å². The zero-order chi connectivity index (χ0) is 10.8. The number of nitrogens with two attached hydrogens (primary N) is 1. The summed E-state index contributed by atoms with van der Waals surface area (Å²) >= 11 is 0. The van der Waals surface area contributed by atoms with Gasteiger partial charge in [-0.1, -0.05) is 36.4 Å². The summed E-state index contributed by atoms with van der Waals surface area (Å²) in [5.41, 5.74) is 6.85. The largest absolute Gasteiger partial charge is 0.391 e. The lowest BCUT2D eigenvalue weighted by Crippen LogP contribution is -2.22. The van der Waals surface area contributed by atoms with E-state index >= 15 is 0 Å². The minimum absolute atomic E-state index is 0.311. The highest BCUT2D eigenvalue weighted by atomic mass is 16.3. The van der Waals surface area contributed by atoms with Gasteiger partial charge in [-0.05, 0) is 29.3 Å². The molecule has 2 rings (SSSR count). The fourth-order valence-electron chi connectivity index (χ4n) is 1.69. The predicted octanol–water partition coefficient (Wildman–Crippen LogP) is 2.22. The average Bonchev–Trinajstić information content (AvgIpc) is 2.27. The van der Waals surface area contributed by atoms with Crippen molar-refractivity contribution < 1.29 is 5.11 Å². The molecule has 0 amide bonds. The quantitative estimate of drug-likeness (QED) is 0.782. The Balaban J connectivity index is 2.47. The Morgan fingerprint density at radius 3 is 2.40 bits per heavy atom. The summed E-state index contributed by atoms with van der Waals surface area (Å²) in [4.78, 5) is 0. The molecule has 78 valence electrons. The minimum atomic E-state index is -0.522. The van der Waals surface area contributed by atoms with Gasteiger partial charge in [0.2, 0.25) is 0 Å². The highest BCUT2D eigenvalue weighted by molar-refractivity contribution is 5.83. The van der Waals surface area contributed by atoms with Gasteiger partial charge in [-0.25, -0.2) is 0 Å². The zero-order valence-electron chi connectivity index (χ0n) is 8.72. The molecular weight excluding hydrogens is 186 g/mol. The van der Waals surface area contributed by atoms with Crippen LogP contribution in [0.2, 0.25) is 0 Å². The second-order valence-corrected chi connectivity index (χ2v) is 3.87. The van der Waals surface area contributed by atoms with Gasteiger partial charge in [0, 0.05) is 0 Å².